The number of nitrogens with one attached hydrogen (secondary N) is 2. The van der Waals surface area contributed by atoms with Gasteiger partial charge < -0.3 is 4.74 Å². The van der Waals surface area contributed by atoms with Crippen LogP contribution in [0.25, 0.3) is 0 Å². The van der Waals surface area contributed by atoms with Gasteiger partial charge in [0, 0.05) is 24.4 Å². The normalized spacial score (nSPS) is 10.0. The highest BCUT2D eigenvalue weighted by Gasteiger charge is 2.20. The molecule has 0 bridgehead atoms. The third kappa shape index (κ3) is 4.00. The zero-order chi connectivity index (χ0) is 19.3. The lowest BCUT2D eigenvalue weighted by Gasteiger charge is -2.13. The number of hydrazine groups is 1. The standard InChI is InChI=1S/C15H14N6O5/c1-9-5-10(8-26-2)12(7-16)15(17-9)19-18-13-4-3-11(20(22)23)6-14(13)21(24)25/h3-6,18H,8H2,1-2H3,(H,17,19). The molecule has 11 heteroatoms. The van der Waals surface area contributed by atoms with E-state index in [0.29, 0.717) is 11.3 Å². The van der Waals surface area contributed by atoms with Gasteiger partial charge in [0.2, 0.25) is 0 Å². The molecule has 0 amide bonds. The Morgan fingerprint density at radius 3 is 2.54 bits per heavy atom. The van der Waals surface area contributed by atoms with Crippen LogP contribution >= 0.6 is 0 Å². The first-order valence-electron chi connectivity index (χ1n) is 7.21. The fourth-order valence-corrected chi connectivity index (χ4v) is 2.24. The minimum atomic E-state index is -0.748. The van der Waals surface area contributed by atoms with Crippen molar-refractivity contribution in [2.24, 2.45) is 0 Å². The van der Waals surface area contributed by atoms with Gasteiger partial charge in [-0.15, -0.1) is 0 Å². The predicted molar refractivity (Wildman–Crippen MR) is 91.4 cm³/mol. The zero-order valence-electron chi connectivity index (χ0n) is 13.8. The largest absolute Gasteiger partial charge is 0.380 e. The highest BCUT2D eigenvalue weighted by Crippen LogP contribution is 2.29. The van der Waals surface area contributed by atoms with Gasteiger partial charge in [-0.2, -0.15) is 5.26 Å². The number of non-ortho nitro benzene ring substituents is 1. The Hall–Kier alpha value is -3.78. The van der Waals surface area contributed by atoms with Crippen molar-refractivity contribution in [3.05, 3.63) is 61.3 Å². The maximum Gasteiger partial charge on any atom is 0.300 e. The van der Waals surface area contributed by atoms with Gasteiger partial charge in [-0.25, -0.2) is 4.98 Å². The summed E-state index contributed by atoms with van der Waals surface area (Å²) in [5.74, 6) is 0.159. The van der Waals surface area contributed by atoms with Crippen molar-refractivity contribution in [1.29, 1.82) is 5.26 Å². The second kappa shape index (κ2) is 7.86. The summed E-state index contributed by atoms with van der Waals surface area (Å²) >= 11 is 0. The maximum atomic E-state index is 11.2. The van der Waals surface area contributed by atoms with Crippen LogP contribution < -0.4 is 10.9 Å². The van der Waals surface area contributed by atoms with Crippen LogP contribution in [0.1, 0.15) is 16.8 Å². The van der Waals surface area contributed by atoms with Gasteiger partial charge in [0.1, 0.15) is 17.3 Å². The SMILES string of the molecule is COCc1cc(C)nc(NNc2ccc([N+](=O)[O-])cc2[N+](=O)[O-])c1C#N. The van der Waals surface area contributed by atoms with E-state index in [0.717, 1.165) is 12.1 Å². The Morgan fingerprint density at radius 1 is 1.23 bits per heavy atom. The molecular formula is C15H14N6O5. The van der Waals surface area contributed by atoms with Crippen LogP contribution in [-0.2, 0) is 11.3 Å². The second-order valence-electron chi connectivity index (χ2n) is 5.16. The summed E-state index contributed by atoms with van der Waals surface area (Å²) in [5.41, 5.74) is 5.75. The smallest absolute Gasteiger partial charge is 0.300 e. The first kappa shape index (κ1) is 18.6. The Morgan fingerprint density at radius 2 is 1.96 bits per heavy atom. The highest BCUT2D eigenvalue weighted by molar-refractivity contribution is 5.68. The minimum absolute atomic E-state index is 0.0129. The van der Waals surface area contributed by atoms with E-state index in [-0.39, 0.29) is 23.7 Å². The van der Waals surface area contributed by atoms with Gasteiger partial charge in [-0.1, -0.05) is 0 Å². The average molecular weight is 358 g/mol. The Labute approximate surface area is 147 Å². The van der Waals surface area contributed by atoms with Gasteiger partial charge in [0.25, 0.3) is 5.69 Å². The van der Waals surface area contributed by atoms with Crippen LogP contribution in [0.15, 0.2) is 24.3 Å². The van der Waals surface area contributed by atoms with E-state index in [9.17, 15) is 25.5 Å². The van der Waals surface area contributed by atoms with Crippen LogP contribution in [0.4, 0.5) is 22.9 Å². The van der Waals surface area contributed by atoms with E-state index < -0.39 is 21.2 Å². The third-order valence-electron chi connectivity index (χ3n) is 3.35. The summed E-state index contributed by atoms with van der Waals surface area (Å²) in [6, 6.07) is 6.87. The molecule has 11 nitrogen and oxygen atoms in total. The molecule has 1 aromatic carbocycles. The summed E-state index contributed by atoms with van der Waals surface area (Å²) in [5, 5.41) is 31.3. The quantitative estimate of drug-likeness (QED) is 0.561. The van der Waals surface area contributed by atoms with E-state index in [1.807, 2.05) is 6.07 Å². The number of hydrogen-bond donors (Lipinski definition) is 2. The molecule has 0 aliphatic heterocycles. The molecule has 0 radical (unpaired) electrons. The molecule has 0 unspecified atom stereocenters. The molecule has 0 spiro atoms. The lowest BCUT2D eigenvalue weighted by molar-refractivity contribution is -0.393. The zero-order valence-corrected chi connectivity index (χ0v) is 13.8. The van der Waals surface area contributed by atoms with Gasteiger partial charge in [-0.05, 0) is 19.1 Å². The Kier molecular flexibility index (Phi) is 5.61. The topological polar surface area (TPSA) is 156 Å². The number of methoxy groups -OCH3 is 1. The number of rotatable bonds is 7. The molecule has 134 valence electrons. The number of nitro benzene ring substituents is 2. The van der Waals surface area contributed by atoms with Crippen LogP contribution in [-0.4, -0.2) is 21.9 Å². The summed E-state index contributed by atoms with van der Waals surface area (Å²) in [6.45, 7) is 1.92. The fourth-order valence-electron chi connectivity index (χ4n) is 2.24. The third-order valence-corrected chi connectivity index (χ3v) is 3.35. The van der Waals surface area contributed by atoms with E-state index in [2.05, 4.69) is 15.8 Å². The molecule has 0 fully saturated rings. The molecule has 26 heavy (non-hydrogen) atoms. The predicted octanol–water partition coefficient (Wildman–Crippen LogP) is 2.66. The van der Waals surface area contributed by atoms with E-state index in [1.54, 1.807) is 13.0 Å². The summed E-state index contributed by atoms with van der Waals surface area (Å²) < 4.78 is 5.05. The van der Waals surface area contributed by atoms with E-state index >= 15 is 0 Å². The Balaban J connectivity index is 2.36. The Bertz CT molecular complexity index is 908. The number of ether oxygens (including phenoxy) is 1. The van der Waals surface area contributed by atoms with Crippen molar-refractivity contribution in [3.8, 4) is 6.07 Å². The fraction of sp³-hybridized carbons (Fsp3) is 0.200. The van der Waals surface area contributed by atoms with Crippen molar-refractivity contribution < 1.29 is 14.6 Å². The highest BCUT2D eigenvalue weighted by atomic mass is 16.6. The molecular weight excluding hydrogens is 344 g/mol. The van der Waals surface area contributed by atoms with Crippen molar-refractivity contribution in [1.82, 2.24) is 4.98 Å². The molecule has 1 aromatic heterocycles. The molecule has 2 rings (SSSR count). The van der Waals surface area contributed by atoms with Crippen molar-refractivity contribution in [2.75, 3.05) is 18.0 Å². The molecule has 1 heterocycles. The average Bonchev–Trinajstić information content (AvgIpc) is 2.59. The van der Waals surface area contributed by atoms with E-state index in [4.69, 9.17) is 4.74 Å². The number of aryl methyl sites for hydroxylation is 1. The van der Waals surface area contributed by atoms with Crippen LogP contribution in [0.2, 0.25) is 0 Å². The lowest BCUT2D eigenvalue weighted by Crippen LogP contribution is -2.14. The molecule has 0 saturated carbocycles. The minimum Gasteiger partial charge on any atom is -0.380 e. The van der Waals surface area contributed by atoms with Crippen molar-refractivity contribution in [2.45, 2.75) is 13.5 Å². The number of benzene rings is 1. The first-order chi connectivity index (χ1) is 12.4. The second-order valence-corrected chi connectivity index (χ2v) is 5.16. The van der Waals surface area contributed by atoms with Gasteiger partial charge in [0.15, 0.2) is 5.82 Å². The van der Waals surface area contributed by atoms with Crippen LogP contribution in [0.5, 0.6) is 0 Å². The van der Waals surface area contributed by atoms with Crippen LogP contribution in [0, 0.1) is 38.5 Å². The number of nitrogens with zero attached hydrogens (tertiary/aromatic N) is 4. The van der Waals surface area contributed by atoms with Crippen molar-refractivity contribution >= 4 is 22.9 Å². The van der Waals surface area contributed by atoms with Gasteiger partial charge in [-0.3, -0.25) is 31.1 Å². The molecule has 0 saturated heterocycles. The molecule has 0 aliphatic rings. The first-order valence-corrected chi connectivity index (χ1v) is 7.21. The summed E-state index contributed by atoms with van der Waals surface area (Å²) in [7, 11) is 1.49. The van der Waals surface area contributed by atoms with Gasteiger partial charge >= 0.3 is 5.69 Å². The number of aromatic nitrogens is 1. The maximum absolute atomic E-state index is 11.2. The molecule has 0 atom stereocenters. The number of nitro groups is 2. The van der Waals surface area contributed by atoms with Crippen molar-refractivity contribution in [3.63, 3.8) is 0 Å². The van der Waals surface area contributed by atoms with E-state index in [1.165, 1.54) is 13.2 Å². The number of pyridine rings is 1. The molecule has 2 N–H and O–H groups in total. The summed E-state index contributed by atoms with van der Waals surface area (Å²) in [4.78, 5) is 24.7. The monoisotopic (exact) mass is 358 g/mol. The lowest BCUT2D eigenvalue weighted by atomic mass is 10.1. The molecule has 2 aromatic rings. The summed E-state index contributed by atoms with van der Waals surface area (Å²) in [6.07, 6.45) is 0. The van der Waals surface area contributed by atoms with Crippen LogP contribution in [0.3, 0.4) is 0 Å². The number of anilines is 2. The number of nitriles is 1. The number of hydrogen-bond acceptors (Lipinski definition) is 9. The van der Waals surface area contributed by atoms with Gasteiger partial charge in [0.05, 0.1) is 22.5 Å². The molecule has 0 aliphatic carbocycles.